The average molecular weight is 589 g/mol. The molecule has 1 saturated heterocycles. The Balaban J connectivity index is 1.31. The monoisotopic (exact) mass is 588 g/mol. The number of halogens is 1. The first-order chi connectivity index (χ1) is 20.1. The van der Waals surface area contributed by atoms with Gasteiger partial charge in [0.15, 0.2) is 0 Å². The lowest BCUT2D eigenvalue weighted by Crippen LogP contribution is -2.45. The van der Waals surface area contributed by atoms with Crippen LogP contribution in [0.4, 0.5) is 0 Å². The maximum absolute atomic E-state index is 13.3. The summed E-state index contributed by atoms with van der Waals surface area (Å²) in [7, 11) is 0. The van der Waals surface area contributed by atoms with Gasteiger partial charge in [-0.05, 0) is 94.3 Å². The zero-order chi connectivity index (χ0) is 30.2. The highest BCUT2D eigenvalue weighted by atomic mass is 35.5. The normalized spacial score (nSPS) is 16.0. The fourth-order valence-electron chi connectivity index (χ4n) is 6.05. The van der Waals surface area contributed by atoms with Crippen LogP contribution >= 0.6 is 11.6 Å². The summed E-state index contributed by atoms with van der Waals surface area (Å²) in [6.45, 7) is 10.8. The molecular weight excluding hydrogens is 544 g/mol. The molecule has 1 unspecified atom stereocenters. The van der Waals surface area contributed by atoms with Gasteiger partial charge >= 0.3 is 5.97 Å². The molecule has 5 nitrogen and oxygen atoms in total. The minimum atomic E-state index is -0.495. The molecule has 0 aliphatic carbocycles. The first-order valence-corrected chi connectivity index (χ1v) is 15.6. The van der Waals surface area contributed by atoms with Crippen molar-refractivity contribution < 1.29 is 14.3 Å². The van der Waals surface area contributed by atoms with Gasteiger partial charge in [-0.1, -0.05) is 79.2 Å². The Labute approximate surface area is 256 Å². The molecule has 3 aromatic rings. The van der Waals surface area contributed by atoms with E-state index in [2.05, 4.69) is 41.4 Å². The van der Waals surface area contributed by atoms with E-state index in [-0.39, 0.29) is 23.3 Å². The number of nitrogens with zero attached hydrogens (tertiary/aromatic N) is 1. The van der Waals surface area contributed by atoms with E-state index in [1.807, 2.05) is 75.4 Å². The smallest absolute Gasteiger partial charge is 0.307 e. The van der Waals surface area contributed by atoms with Gasteiger partial charge in [0.1, 0.15) is 5.60 Å². The van der Waals surface area contributed by atoms with Crippen LogP contribution in [0, 0.1) is 0 Å². The van der Waals surface area contributed by atoms with Crippen LogP contribution in [0.15, 0.2) is 78.9 Å². The topological polar surface area (TPSA) is 58.6 Å². The molecule has 1 atom stereocenters. The minimum absolute atomic E-state index is 0.0308. The average Bonchev–Trinajstić information content (AvgIpc) is 2.97. The van der Waals surface area contributed by atoms with Gasteiger partial charge in [-0.3, -0.25) is 9.59 Å². The third-order valence-corrected chi connectivity index (χ3v) is 8.60. The number of piperidine rings is 1. The molecule has 3 aromatic carbocycles. The quantitative estimate of drug-likeness (QED) is 0.230. The highest BCUT2D eigenvalue weighted by Crippen LogP contribution is 2.37. The van der Waals surface area contributed by atoms with Crippen LogP contribution in [0.5, 0.6) is 0 Å². The molecule has 1 N–H and O–H groups in total. The minimum Gasteiger partial charge on any atom is -0.460 e. The molecule has 0 radical (unpaired) electrons. The van der Waals surface area contributed by atoms with Crippen molar-refractivity contribution in [3.63, 3.8) is 0 Å². The highest BCUT2D eigenvalue weighted by Gasteiger charge is 2.35. The molecule has 1 aliphatic heterocycles. The SMILES string of the molecule is CCC(CCCN1CCC(NC(=O)c2ccccc2-c2ccc(Cl)cc2)CC1)(CC(=O)OC(C)(C)C)c1ccccc1. The number of carbonyl (C=O) groups is 2. The highest BCUT2D eigenvalue weighted by molar-refractivity contribution is 6.30. The van der Waals surface area contributed by atoms with Crippen LogP contribution in [0.2, 0.25) is 5.02 Å². The fraction of sp³-hybridized carbons (Fsp3) is 0.444. The standard InChI is InChI=1S/C36H45ClN2O3/c1-5-36(28-12-7-6-8-13-28,26-33(40)42-35(2,3)4)22-11-23-39-24-20-30(21-25-39)38-34(41)32-15-10-9-14-31(32)27-16-18-29(37)19-17-27/h6-10,12-19,30H,5,11,20-26H2,1-4H3,(H,38,41). The number of carbonyl (C=O) groups excluding carboxylic acids is 2. The molecule has 6 heteroatoms. The van der Waals surface area contributed by atoms with Gasteiger partial charge < -0.3 is 15.0 Å². The molecule has 0 aromatic heterocycles. The van der Waals surface area contributed by atoms with Gasteiger partial charge in [0.2, 0.25) is 0 Å². The lowest BCUT2D eigenvalue weighted by Gasteiger charge is -2.36. The molecule has 1 heterocycles. The summed E-state index contributed by atoms with van der Waals surface area (Å²) in [4.78, 5) is 28.7. The predicted octanol–water partition coefficient (Wildman–Crippen LogP) is 8.06. The van der Waals surface area contributed by atoms with Gasteiger partial charge in [-0.15, -0.1) is 0 Å². The molecule has 1 fully saturated rings. The Morgan fingerprint density at radius 3 is 2.21 bits per heavy atom. The first-order valence-electron chi connectivity index (χ1n) is 15.2. The van der Waals surface area contributed by atoms with E-state index < -0.39 is 5.60 Å². The number of ether oxygens (including phenoxy) is 1. The fourth-order valence-corrected chi connectivity index (χ4v) is 6.18. The summed E-state index contributed by atoms with van der Waals surface area (Å²) < 4.78 is 5.74. The third-order valence-electron chi connectivity index (χ3n) is 8.35. The zero-order valence-electron chi connectivity index (χ0n) is 25.5. The van der Waals surface area contributed by atoms with Crippen molar-refractivity contribution in [1.29, 1.82) is 0 Å². The maximum atomic E-state index is 13.3. The largest absolute Gasteiger partial charge is 0.460 e. The number of hydrogen-bond acceptors (Lipinski definition) is 4. The van der Waals surface area contributed by atoms with E-state index in [9.17, 15) is 9.59 Å². The van der Waals surface area contributed by atoms with Crippen LogP contribution in [0.25, 0.3) is 11.1 Å². The third kappa shape index (κ3) is 8.68. The van der Waals surface area contributed by atoms with Crippen molar-refractivity contribution >= 4 is 23.5 Å². The van der Waals surface area contributed by atoms with Crippen molar-refractivity contribution in [3.05, 3.63) is 95.0 Å². The van der Waals surface area contributed by atoms with Crippen LogP contribution in [-0.4, -0.2) is 48.1 Å². The Morgan fingerprint density at radius 1 is 0.929 bits per heavy atom. The molecule has 1 amide bonds. The predicted molar refractivity (Wildman–Crippen MR) is 172 cm³/mol. The summed E-state index contributed by atoms with van der Waals surface area (Å²) in [5, 5.41) is 3.96. The Kier molecular flexibility index (Phi) is 10.9. The molecule has 224 valence electrons. The van der Waals surface area contributed by atoms with Gasteiger partial charge in [-0.25, -0.2) is 0 Å². The number of benzene rings is 3. The molecule has 0 spiro atoms. The van der Waals surface area contributed by atoms with Crippen molar-refractivity contribution in [1.82, 2.24) is 10.2 Å². The van der Waals surface area contributed by atoms with Crippen molar-refractivity contribution in [2.75, 3.05) is 19.6 Å². The van der Waals surface area contributed by atoms with Crippen molar-refractivity contribution in [3.8, 4) is 11.1 Å². The molecule has 1 aliphatic rings. The lowest BCUT2D eigenvalue weighted by atomic mass is 9.72. The van der Waals surface area contributed by atoms with E-state index in [1.165, 1.54) is 5.56 Å². The number of hydrogen-bond donors (Lipinski definition) is 1. The number of esters is 1. The zero-order valence-corrected chi connectivity index (χ0v) is 26.3. The van der Waals surface area contributed by atoms with Crippen molar-refractivity contribution in [2.24, 2.45) is 0 Å². The second-order valence-corrected chi connectivity index (χ2v) is 12.9. The molecule has 4 rings (SSSR count). The van der Waals surface area contributed by atoms with Gasteiger partial charge in [-0.2, -0.15) is 0 Å². The number of likely N-dealkylation sites (tertiary alicyclic amines) is 1. The van der Waals surface area contributed by atoms with Crippen LogP contribution < -0.4 is 5.32 Å². The van der Waals surface area contributed by atoms with Gasteiger partial charge in [0.25, 0.3) is 5.91 Å². The van der Waals surface area contributed by atoms with E-state index in [4.69, 9.17) is 16.3 Å². The summed E-state index contributed by atoms with van der Waals surface area (Å²) >= 11 is 6.07. The van der Waals surface area contributed by atoms with E-state index in [0.29, 0.717) is 17.0 Å². The molecule has 0 bridgehead atoms. The summed E-state index contributed by atoms with van der Waals surface area (Å²) in [5.41, 5.74) is 3.04. The molecule has 0 saturated carbocycles. The number of amides is 1. The molecular formula is C36H45ClN2O3. The second kappa shape index (κ2) is 14.3. The first kappa shape index (κ1) is 31.8. The Bertz CT molecular complexity index is 1310. The van der Waals surface area contributed by atoms with Crippen LogP contribution in [0.3, 0.4) is 0 Å². The summed E-state index contributed by atoms with van der Waals surface area (Å²) in [6.07, 6.45) is 5.02. The Morgan fingerprint density at radius 2 is 1.57 bits per heavy atom. The van der Waals surface area contributed by atoms with E-state index in [1.54, 1.807) is 0 Å². The van der Waals surface area contributed by atoms with E-state index >= 15 is 0 Å². The second-order valence-electron chi connectivity index (χ2n) is 12.5. The molecule has 42 heavy (non-hydrogen) atoms. The maximum Gasteiger partial charge on any atom is 0.307 e. The Hall–Kier alpha value is -3.15. The number of rotatable bonds is 11. The van der Waals surface area contributed by atoms with Crippen LogP contribution in [-0.2, 0) is 14.9 Å². The van der Waals surface area contributed by atoms with Gasteiger partial charge in [0.05, 0.1) is 6.42 Å². The summed E-state index contributed by atoms with van der Waals surface area (Å²) in [6, 6.07) is 25.9. The lowest BCUT2D eigenvalue weighted by molar-refractivity contribution is -0.156. The van der Waals surface area contributed by atoms with Crippen LogP contribution in [0.1, 0.15) is 82.1 Å². The summed E-state index contributed by atoms with van der Waals surface area (Å²) in [5.74, 6) is -0.167. The number of nitrogens with one attached hydrogen (secondary N) is 1. The van der Waals surface area contributed by atoms with E-state index in [0.717, 1.165) is 62.9 Å². The van der Waals surface area contributed by atoms with Gasteiger partial charge in [0, 0.05) is 35.1 Å². The van der Waals surface area contributed by atoms with Crippen molar-refractivity contribution in [2.45, 2.75) is 83.3 Å².